The smallest absolute Gasteiger partial charge is 0.269 e. The van der Waals surface area contributed by atoms with E-state index >= 15 is 0 Å². The second-order valence-electron chi connectivity index (χ2n) is 3.11. The summed E-state index contributed by atoms with van der Waals surface area (Å²) in [7, 11) is 3.08. The van der Waals surface area contributed by atoms with Gasteiger partial charge in [-0.15, -0.1) is 0 Å². The molecule has 0 aromatic heterocycles. The quantitative estimate of drug-likeness (QED) is 0.485. The van der Waals surface area contributed by atoms with Crippen molar-refractivity contribution < 1.29 is 9.63 Å². The van der Waals surface area contributed by atoms with Crippen LogP contribution in [0, 0.1) is 0 Å². The van der Waals surface area contributed by atoms with Crippen LogP contribution in [0.3, 0.4) is 0 Å². The van der Waals surface area contributed by atoms with E-state index in [2.05, 4.69) is 6.92 Å². The zero-order valence-electron chi connectivity index (χ0n) is 8.96. The fraction of sp³-hybridized carbons (Fsp3) is 0.700. The maximum Gasteiger partial charge on any atom is 0.269 e. The number of carbonyl (C=O) groups excluding carboxylic acids is 1. The molecule has 76 valence electrons. The van der Waals surface area contributed by atoms with Crippen LogP contribution < -0.4 is 0 Å². The number of rotatable bonds is 5. The average molecular weight is 185 g/mol. The lowest BCUT2D eigenvalue weighted by Gasteiger charge is -2.11. The first-order valence-corrected chi connectivity index (χ1v) is 4.60. The number of nitrogens with zero attached hydrogens (tertiary/aromatic N) is 1. The minimum absolute atomic E-state index is 0.101. The van der Waals surface area contributed by atoms with Crippen LogP contribution in [0.5, 0.6) is 0 Å². The maximum atomic E-state index is 11.3. The number of hydroxylamine groups is 2. The van der Waals surface area contributed by atoms with Gasteiger partial charge in [0.15, 0.2) is 0 Å². The van der Waals surface area contributed by atoms with Crippen molar-refractivity contribution >= 4 is 5.91 Å². The lowest BCUT2D eigenvalue weighted by Crippen LogP contribution is -2.23. The summed E-state index contributed by atoms with van der Waals surface area (Å²) in [5.74, 6) is -0.101. The van der Waals surface area contributed by atoms with Crippen LogP contribution in [-0.4, -0.2) is 25.1 Å². The Kier molecular flexibility index (Phi) is 6.24. The highest BCUT2D eigenvalue weighted by molar-refractivity contribution is 5.87. The normalized spacial score (nSPS) is 11.5. The first kappa shape index (κ1) is 12.2. The van der Waals surface area contributed by atoms with Gasteiger partial charge in [-0.25, -0.2) is 5.06 Å². The lowest BCUT2D eigenvalue weighted by atomic mass is 10.1. The van der Waals surface area contributed by atoms with Crippen LogP contribution in [0.1, 0.15) is 33.1 Å². The largest absolute Gasteiger partial charge is 0.274 e. The molecule has 13 heavy (non-hydrogen) atoms. The van der Waals surface area contributed by atoms with Crippen molar-refractivity contribution in [2.24, 2.45) is 0 Å². The molecule has 0 N–H and O–H groups in total. The fourth-order valence-corrected chi connectivity index (χ4v) is 0.919. The van der Waals surface area contributed by atoms with Gasteiger partial charge in [0.05, 0.1) is 7.11 Å². The van der Waals surface area contributed by atoms with Crippen molar-refractivity contribution in [2.75, 3.05) is 14.2 Å². The van der Waals surface area contributed by atoms with E-state index in [9.17, 15) is 4.79 Å². The summed E-state index contributed by atoms with van der Waals surface area (Å²) in [4.78, 5) is 16.0. The highest BCUT2D eigenvalue weighted by Gasteiger charge is 2.03. The second-order valence-corrected chi connectivity index (χ2v) is 3.11. The molecule has 3 heteroatoms. The summed E-state index contributed by atoms with van der Waals surface area (Å²) >= 11 is 0. The first-order valence-electron chi connectivity index (χ1n) is 4.60. The van der Waals surface area contributed by atoms with E-state index in [0.29, 0.717) is 0 Å². The van der Waals surface area contributed by atoms with Gasteiger partial charge in [-0.2, -0.15) is 0 Å². The van der Waals surface area contributed by atoms with Crippen LogP contribution in [0.25, 0.3) is 0 Å². The summed E-state index contributed by atoms with van der Waals surface area (Å²) in [6.45, 7) is 4.10. The summed E-state index contributed by atoms with van der Waals surface area (Å²) in [6, 6.07) is 0. The minimum atomic E-state index is -0.101. The highest BCUT2D eigenvalue weighted by Crippen LogP contribution is 2.06. The van der Waals surface area contributed by atoms with Gasteiger partial charge in [0.1, 0.15) is 0 Å². The molecule has 0 saturated heterocycles. The van der Waals surface area contributed by atoms with Crippen LogP contribution in [0.4, 0.5) is 0 Å². The molecule has 0 bridgehead atoms. The molecule has 3 nitrogen and oxygen atoms in total. The Morgan fingerprint density at radius 2 is 2.15 bits per heavy atom. The number of likely N-dealkylation sites (N-methyl/N-ethyl adjacent to an activating group) is 1. The van der Waals surface area contributed by atoms with Crippen molar-refractivity contribution in [3.8, 4) is 0 Å². The number of allylic oxidation sites excluding steroid dienone is 1. The summed E-state index contributed by atoms with van der Waals surface area (Å²) in [5, 5.41) is 1.22. The molecule has 1 amide bonds. The molecular weight excluding hydrogens is 166 g/mol. The predicted octanol–water partition coefficient (Wildman–Crippen LogP) is 2.14. The zero-order chi connectivity index (χ0) is 10.3. The monoisotopic (exact) mass is 185 g/mol. The third-order valence-corrected chi connectivity index (χ3v) is 1.88. The fourth-order valence-electron chi connectivity index (χ4n) is 0.919. The highest BCUT2D eigenvalue weighted by atomic mass is 16.7. The Balaban J connectivity index is 3.98. The number of hydrogen-bond acceptors (Lipinski definition) is 2. The van der Waals surface area contributed by atoms with E-state index < -0.39 is 0 Å². The van der Waals surface area contributed by atoms with Crippen LogP contribution in [0.2, 0.25) is 0 Å². The van der Waals surface area contributed by atoms with Crippen LogP contribution >= 0.6 is 0 Å². The molecule has 0 rings (SSSR count). The third-order valence-electron chi connectivity index (χ3n) is 1.88. The lowest BCUT2D eigenvalue weighted by molar-refractivity contribution is -0.162. The molecule has 0 heterocycles. The molecule has 0 aliphatic rings. The molecule has 0 fully saturated rings. The minimum Gasteiger partial charge on any atom is -0.274 e. The van der Waals surface area contributed by atoms with Gasteiger partial charge in [-0.3, -0.25) is 9.63 Å². The molecule has 0 aliphatic carbocycles. The van der Waals surface area contributed by atoms with E-state index in [1.807, 2.05) is 6.92 Å². The standard InChI is InChI=1S/C10H19NO2/c1-5-6-7-9(2)8-10(12)11(3)13-4/h8H,5-7H2,1-4H3/b9-8+. The molecule has 0 spiro atoms. The Morgan fingerprint density at radius 1 is 1.54 bits per heavy atom. The van der Waals surface area contributed by atoms with Gasteiger partial charge >= 0.3 is 0 Å². The number of amides is 1. The molecule has 0 aromatic carbocycles. The third kappa shape index (κ3) is 5.42. The van der Waals surface area contributed by atoms with Crippen molar-refractivity contribution in [3.05, 3.63) is 11.6 Å². The molecule has 0 atom stereocenters. The maximum absolute atomic E-state index is 11.3. The van der Waals surface area contributed by atoms with Gasteiger partial charge in [0.25, 0.3) is 5.91 Å². The number of unbranched alkanes of at least 4 members (excludes halogenated alkanes) is 1. The van der Waals surface area contributed by atoms with Crippen LogP contribution in [-0.2, 0) is 9.63 Å². The topological polar surface area (TPSA) is 29.5 Å². The second kappa shape index (κ2) is 6.66. The molecule has 0 radical (unpaired) electrons. The van der Waals surface area contributed by atoms with E-state index in [4.69, 9.17) is 4.84 Å². The Hall–Kier alpha value is -0.830. The van der Waals surface area contributed by atoms with E-state index in [-0.39, 0.29) is 5.91 Å². The van der Waals surface area contributed by atoms with Gasteiger partial charge in [0.2, 0.25) is 0 Å². The number of carbonyl (C=O) groups is 1. The molecule has 0 aromatic rings. The Labute approximate surface area is 80.3 Å². The molecule has 0 unspecified atom stereocenters. The van der Waals surface area contributed by atoms with Crippen molar-refractivity contribution in [1.82, 2.24) is 5.06 Å². The summed E-state index contributed by atoms with van der Waals surface area (Å²) in [5.41, 5.74) is 1.11. The van der Waals surface area contributed by atoms with Crippen LogP contribution in [0.15, 0.2) is 11.6 Å². The Bertz CT molecular complexity index is 187. The van der Waals surface area contributed by atoms with E-state index in [1.165, 1.54) is 12.2 Å². The Morgan fingerprint density at radius 3 is 2.62 bits per heavy atom. The first-order chi connectivity index (χ1) is 6.11. The predicted molar refractivity (Wildman–Crippen MR) is 53.1 cm³/mol. The van der Waals surface area contributed by atoms with Gasteiger partial charge in [-0.05, 0) is 19.8 Å². The zero-order valence-corrected chi connectivity index (χ0v) is 8.96. The van der Waals surface area contributed by atoms with Crippen molar-refractivity contribution in [2.45, 2.75) is 33.1 Å². The van der Waals surface area contributed by atoms with E-state index in [0.717, 1.165) is 24.8 Å². The van der Waals surface area contributed by atoms with Crippen molar-refractivity contribution in [3.63, 3.8) is 0 Å². The van der Waals surface area contributed by atoms with Gasteiger partial charge < -0.3 is 0 Å². The molecule has 0 saturated carbocycles. The molecular formula is C10H19NO2. The summed E-state index contributed by atoms with van der Waals surface area (Å²) in [6.07, 6.45) is 4.89. The van der Waals surface area contributed by atoms with E-state index in [1.54, 1.807) is 13.1 Å². The van der Waals surface area contributed by atoms with Crippen molar-refractivity contribution in [1.29, 1.82) is 0 Å². The average Bonchev–Trinajstić information content (AvgIpc) is 2.13. The number of hydrogen-bond donors (Lipinski definition) is 0. The van der Waals surface area contributed by atoms with Gasteiger partial charge in [-0.1, -0.05) is 18.9 Å². The summed E-state index contributed by atoms with van der Waals surface area (Å²) < 4.78 is 0. The van der Waals surface area contributed by atoms with Gasteiger partial charge in [0, 0.05) is 13.1 Å². The molecule has 0 aliphatic heterocycles. The SMILES string of the molecule is CCCC/C(C)=C/C(=O)N(C)OC.